The Morgan fingerprint density at radius 1 is 0.386 bits per heavy atom. The van der Waals surface area contributed by atoms with E-state index in [0.29, 0.717) is 17.7 Å². The summed E-state index contributed by atoms with van der Waals surface area (Å²) < 4.78 is 42.3. The van der Waals surface area contributed by atoms with Crippen molar-refractivity contribution in [2.45, 2.75) is 90.9 Å². The van der Waals surface area contributed by atoms with E-state index in [1.54, 1.807) is 24.3 Å². The van der Waals surface area contributed by atoms with Crippen LogP contribution in [0.15, 0.2) is 84.9 Å². The van der Waals surface area contributed by atoms with E-state index < -0.39 is 11.6 Å². The standard InChI is InChI=1S/C40H48F2O2/c1-3-5-7-9-10-12-14-30-44-36-25-21-34(22-26-36)38-28-27-37(39(41)40(38)42)33-17-15-31(16-18-33)32-19-23-35(24-20-32)43-29-13-11-8-6-4-2/h15-28H,3-14,29-30H2,1-2H3. The smallest absolute Gasteiger partial charge is 0.167 e. The molecular weight excluding hydrogens is 550 g/mol. The van der Waals surface area contributed by atoms with Gasteiger partial charge in [-0.15, -0.1) is 0 Å². The molecule has 0 radical (unpaired) electrons. The normalized spacial score (nSPS) is 11.1. The molecule has 0 spiro atoms. The van der Waals surface area contributed by atoms with Crippen LogP contribution in [0, 0.1) is 11.6 Å². The molecule has 0 bridgehead atoms. The molecule has 234 valence electrons. The first-order chi connectivity index (χ1) is 21.6. The molecule has 2 nitrogen and oxygen atoms in total. The Kier molecular flexibility index (Phi) is 13.8. The molecule has 4 aromatic rings. The molecule has 0 aliphatic carbocycles. The summed E-state index contributed by atoms with van der Waals surface area (Å²) in [5.41, 5.74) is 3.79. The third-order valence-electron chi connectivity index (χ3n) is 8.16. The number of hydrogen-bond acceptors (Lipinski definition) is 2. The van der Waals surface area contributed by atoms with Crippen LogP contribution in [-0.4, -0.2) is 13.2 Å². The van der Waals surface area contributed by atoms with E-state index in [1.165, 1.54) is 64.2 Å². The SMILES string of the molecule is CCCCCCCCCOc1ccc(-c2ccc(-c3ccc(-c4ccc(OCCCCCCC)cc4)cc3)c(F)c2F)cc1. The summed E-state index contributed by atoms with van der Waals surface area (Å²) in [6, 6.07) is 26.1. The van der Waals surface area contributed by atoms with Crippen molar-refractivity contribution in [2.24, 2.45) is 0 Å². The van der Waals surface area contributed by atoms with Crippen LogP contribution in [-0.2, 0) is 0 Å². The highest BCUT2D eigenvalue weighted by atomic mass is 19.2. The minimum absolute atomic E-state index is 0.241. The van der Waals surface area contributed by atoms with E-state index in [4.69, 9.17) is 9.47 Å². The largest absolute Gasteiger partial charge is 0.494 e. The number of ether oxygens (including phenoxy) is 2. The van der Waals surface area contributed by atoms with E-state index >= 15 is 8.78 Å². The van der Waals surface area contributed by atoms with Gasteiger partial charge in [-0.25, -0.2) is 8.78 Å². The molecule has 0 atom stereocenters. The second-order valence-electron chi connectivity index (χ2n) is 11.6. The van der Waals surface area contributed by atoms with Gasteiger partial charge in [0.15, 0.2) is 11.6 Å². The highest BCUT2D eigenvalue weighted by Gasteiger charge is 2.16. The molecule has 0 aromatic heterocycles. The van der Waals surface area contributed by atoms with Gasteiger partial charge < -0.3 is 9.47 Å². The molecule has 0 N–H and O–H groups in total. The lowest BCUT2D eigenvalue weighted by molar-refractivity contribution is 0.304. The predicted molar refractivity (Wildman–Crippen MR) is 180 cm³/mol. The summed E-state index contributed by atoms with van der Waals surface area (Å²) in [6.45, 7) is 5.85. The molecule has 44 heavy (non-hydrogen) atoms. The topological polar surface area (TPSA) is 18.5 Å². The van der Waals surface area contributed by atoms with Gasteiger partial charge in [0.05, 0.1) is 13.2 Å². The number of benzene rings is 4. The minimum atomic E-state index is -0.843. The van der Waals surface area contributed by atoms with Crippen molar-refractivity contribution in [3.8, 4) is 44.9 Å². The second-order valence-corrected chi connectivity index (χ2v) is 11.6. The zero-order valence-corrected chi connectivity index (χ0v) is 26.6. The van der Waals surface area contributed by atoms with E-state index in [2.05, 4.69) is 13.8 Å². The molecule has 0 saturated carbocycles. The fourth-order valence-corrected chi connectivity index (χ4v) is 5.46. The Hall–Kier alpha value is -3.66. The van der Waals surface area contributed by atoms with Crippen LogP contribution in [0.4, 0.5) is 8.78 Å². The second kappa shape index (κ2) is 18.2. The number of rotatable bonds is 19. The Labute approximate surface area is 263 Å². The van der Waals surface area contributed by atoms with Crippen LogP contribution in [0.25, 0.3) is 33.4 Å². The Morgan fingerprint density at radius 2 is 0.705 bits per heavy atom. The van der Waals surface area contributed by atoms with Gasteiger partial charge in [-0.05, 0) is 59.4 Å². The summed E-state index contributed by atoms with van der Waals surface area (Å²) >= 11 is 0. The summed E-state index contributed by atoms with van der Waals surface area (Å²) in [5.74, 6) is -0.0727. The molecule has 0 aliphatic heterocycles. The maximum Gasteiger partial charge on any atom is 0.167 e. The van der Waals surface area contributed by atoms with Crippen LogP contribution in [0.1, 0.15) is 90.9 Å². The first-order valence-corrected chi connectivity index (χ1v) is 16.7. The zero-order chi connectivity index (χ0) is 31.0. The number of halogens is 2. The monoisotopic (exact) mass is 598 g/mol. The molecule has 0 aliphatic rings. The van der Waals surface area contributed by atoms with Crippen LogP contribution in [0.2, 0.25) is 0 Å². The molecule has 0 unspecified atom stereocenters. The maximum atomic E-state index is 15.3. The van der Waals surface area contributed by atoms with E-state index in [9.17, 15) is 0 Å². The predicted octanol–water partition coefficient (Wildman–Crippen LogP) is 12.4. The third-order valence-corrected chi connectivity index (χ3v) is 8.16. The third kappa shape index (κ3) is 9.94. The van der Waals surface area contributed by atoms with Gasteiger partial charge in [-0.3, -0.25) is 0 Å². The van der Waals surface area contributed by atoms with E-state index in [0.717, 1.165) is 42.1 Å². The minimum Gasteiger partial charge on any atom is -0.494 e. The molecule has 4 heteroatoms. The van der Waals surface area contributed by atoms with Crippen LogP contribution in [0.5, 0.6) is 11.5 Å². The maximum absolute atomic E-state index is 15.3. The first-order valence-electron chi connectivity index (χ1n) is 16.7. The Bertz CT molecular complexity index is 1380. The molecule has 0 saturated heterocycles. The number of unbranched alkanes of at least 4 members (excludes halogenated alkanes) is 10. The van der Waals surface area contributed by atoms with Crippen molar-refractivity contribution in [1.29, 1.82) is 0 Å². The number of hydrogen-bond donors (Lipinski definition) is 0. The molecule has 4 rings (SSSR count). The zero-order valence-electron chi connectivity index (χ0n) is 26.6. The van der Waals surface area contributed by atoms with Gasteiger partial charge in [0, 0.05) is 11.1 Å². The quantitative estimate of drug-likeness (QED) is 0.1000. The molecule has 0 amide bonds. The lowest BCUT2D eigenvalue weighted by atomic mass is 9.97. The highest BCUT2D eigenvalue weighted by Crippen LogP contribution is 2.33. The fraction of sp³-hybridized carbons (Fsp3) is 0.400. The summed E-state index contributed by atoms with van der Waals surface area (Å²) in [4.78, 5) is 0. The van der Waals surface area contributed by atoms with Crippen LogP contribution in [0.3, 0.4) is 0 Å². The summed E-state index contributed by atoms with van der Waals surface area (Å²) in [7, 11) is 0. The van der Waals surface area contributed by atoms with Crippen molar-refractivity contribution >= 4 is 0 Å². The van der Waals surface area contributed by atoms with E-state index in [-0.39, 0.29) is 11.1 Å². The molecule has 0 heterocycles. The van der Waals surface area contributed by atoms with Gasteiger partial charge in [0.2, 0.25) is 0 Å². The van der Waals surface area contributed by atoms with Gasteiger partial charge in [0.25, 0.3) is 0 Å². The molecule has 4 aromatic carbocycles. The fourth-order valence-electron chi connectivity index (χ4n) is 5.46. The van der Waals surface area contributed by atoms with Crippen molar-refractivity contribution in [1.82, 2.24) is 0 Å². The van der Waals surface area contributed by atoms with Crippen LogP contribution >= 0.6 is 0 Å². The van der Waals surface area contributed by atoms with Crippen molar-refractivity contribution in [3.05, 3.63) is 96.6 Å². The Morgan fingerprint density at radius 3 is 1.11 bits per heavy atom. The molecular formula is C40H48F2O2. The van der Waals surface area contributed by atoms with Gasteiger partial charge in [-0.2, -0.15) is 0 Å². The lowest BCUT2D eigenvalue weighted by Crippen LogP contribution is -1.98. The van der Waals surface area contributed by atoms with Crippen molar-refractivity contribution in [2.75, 3.05) is 13.2 Å². The average Bonchev–Trinajstić information content (AvgIpc) is 3.06. The van der Waals surface area contributed by atoms with Gasteiger partial charge in [0.1, 0.15) is 11.5 Å². The lowest BCUT2D eigenvalue weighted by Gasteiger charge is -2.11. The van der Waals surface area contributed by atoms with Crippen molar-refractivity contribution < 1.29 is 18.3 Å². The Balaban J connectivity index is 1.31. The van der Waals surface area contributed by atoms with Gasteiger partial charge in [-0.1, -0.05) is 139 Å². The van der Waals surface area contributed by atoms with Crippen LogP contribution < -0.4 is 9.47 Å². The van der Waals surface area contributed by atoms with Gasteiger partial charge >= 0.3 is 0 Å². The molecule has 0 fully saturated rings. The average molecular weight is 599 g/mol. The summed E-state index contributed by atoms with van der Waals surface area (Å²) in [5, 5.41) is 0. The highest BCUT2D eigenvalue weighted by molar-refractivity contribution is 5.74. The van der Waals surface area contributed by atoms with E-state index in [1.807, 2.05) is 60.7 Å². The summed E-state index contributed by atoms with van der Waals surface area (Å²) in [6.07, 6.45) is 14.7. The first kappa shape index (κ1) is 33.2. The van der Waals surface area contributed by atoms with Crippen molar-refractivity contribution in [3.63, 3.8) is 0 Å².